The molecule has 1 saturated heterocycles. The molecule has 1 fully saturated rings. The molecule has 2 aliphatic rings. The van der Waals surface area contributed by atoms with Gasteiger partial charge >= 0.3 is 0 Å². The molecule has 0 saturated carbocycles. The molecule has 2 aromatic carbocycles. The highest BCUT2D eigenvalue weighted by atomic mass is 35.5. The summed E-state index contributed by atoms with van der Waals surface area (Å²) in [6.45, 7) is 4.11. The summed E-state index contributed by atoms with van der Waals surface area (Å²) < 4.78 is 24.4. The van der Waals surface area contributed by atoms with Crippen LogP contribution in [0.1, 0.15) is 16.7 Å². The van der Waals surface area contributed by atoms with Gasteiger partial charge in [-0.2, -0.15) is 0 Å². The van der Waals surface area contributed by atoms with Crippen molar-refractivity contribution in [3.05, 3.63) is 64.2 Å². The maximum Gasteiger partial charge on any atom is 0.164 e. The molecule has 0 bridgehead atoms. The molecule has 27 heavy (non-hydrogen) atoms. The van der Waals surface area contributed by atoms with E-state index in [1.807, 2.05) is 24.3 Å². The van der Waals surface area contributed by atoms with Crippen molar-refractivity contribution in [2.45, 2.75) is 31.7 Å². The summed E-state index contributed by atoms with van der Waals surface area (Å²) in [7, 11) is -3.04. The van der Waals surface area contributed by atoms with Gasteiger partial charge < -0.3 is 4.90 Å². The zero-order valence-electron chi connectivity index (χ0n) is 15.2. The van der Waals surface area contributed by atoms with E-state index in [0.717, 1.165) is 38.3 Å². The highest BCUT2D eigenvalue weighted by molar-refractivity contribution is 8.13. The topological polar surface area (TPSA) is 49.7 Å². The molecule has 0 spiro atoms. The Bertz CT molecular complexity index is 1020. The lowest BCUT2D eigenvalue weighted by Gasteiger charge is -2.28. The minimum Gasteiger partial charge on any atom is -0.315 e. The van der Waals surface area contributed by atoms with Crippen molar-refractivity contribution in [2.75, 3.05) is 16.4 Å². The fourth-order valence-corrected chi connectivity index (χ4v) is 6.78. The molecule has 2 atom stereocenters. The Hall–Kier alpha value is -1.50. The van der Waals surface area contributed by atoms with Gasteiger partial charge in [0.05, 0.1) is 23.6 Å². The van der Waals surface area contributed by atoms with Gasteiger partial charge in [0.1, 0.15) is 0 Å². The van der Waals surface area contributed by atoms with Crippen LogP contribution >= 0.6 is 23.4 Å². The van der Waals surface area contributed by atoms with E-state index in [9.17, 15) is 8.42 Å². The van der Waals surface area contributed by atoms with E-state index < -0.39 is 9.84 Å². The molecular weight excluding hydrogens is 400 g/mol. The first-order valence-corrected chi connectivity index (χ1v) is 12.0. The number of amidine groups is 1. The predicted molar refractivity (Wildman–Crippen MR) is 115 cm³/mol. The number of sulfone groups is 1. The molecule has 4 nitrogen and oxygen atoms in total. The lowest BCUT2D eigenvalue weighted by molar-refractivity contribution is 0.601. The van der Waals surface area contributed by atoms with Crippen LogP contribution in [0.5, 0.6) is 0 Å². The largest absolute Gasteiger partial charge is 0.315 e. The quantitative estimate of drug-likeness (QED) is 0.745. The Morgan fingerprint density at radius 2 is 2.00 bits per heavy atom. The number of fused-ring (bicyclic) bond motifs is 1. The number of aryl methyl sites for hydroxylation is 2. The first-order chi connectivity index (χ1) is 12.8. The number of thioether (sulfide) groups is 1. The molecule has 2 heterocycles. The van der Waals surface area contributed by atoms with Crippen molar-refractivity contribution >= 4 is 44.1 Å². The Morgan fingerprint density at radius 3 is 2.78 bits per heavy atom. The number of rotatable bonds is 3. The third kappa shape index (κ3) is 3.89. The first kappa shape index (κ1) is 18.8. The molecule has 0 radical (unpaired) electrons. The van der Waals surface area contributed by atoms with Crippen molar-refractivity contribution in [1.82, 2.24) is 0 Å². The normalized spacial score (nSPS) is 23.4. The molecular formula is C20H21ClN2O2S2. The average Bonchev–Trinajstić information content (AvgIpc) is 3.06. The zero-order valence-corrected chi connectivity index (χ0v) is 17.6. The van der Waals surface area contributed by atoms with E-state index >= 15 is 0 Å². The summed E-state index contributed by atoms with van der Waals surface area (Å²) in [6.07, 6.45) is 0. The standard InChI is InChI=1S/C20H21ClN2O2S2/c1-13-6-7-14(2)18(8-13)23-19-12-27(24,25)11-17(19)22-20(23)26-10-15-4-3-5-16(21)9-15/h3-9,17,19H,10-12H2,1-2H3/t17-,19-/m1/s1. The molecule has 142 valence electrons. The number of hydrogen-bond donors (Lipinski definition) is 0. The summed E-state index contributed by atoms with van der Waals surface area (Å²) in [4.78, 5) is 6.95. The van der Waals surface area contributed by atoms with Crippen LogP contribution in [0, 0.1) is 13.8 Å². The summed E-state index contributed by atoms with van der Waals surface area (Å²) >= 11 is 7.74. The fraction of sp³-hybridized carbons (Fsp3) is 0.350. The van der Waals surface area contributed by atoms with Gasteiger partial charge in [0.25, 0.3) is 0 Å². The second-order valence-corrected chi connectivity index (χ2v) is 10.7. The van der Waals surface area contributed by atoms with E-state index in [2.05, 4.69) is 36.9 Å². The van der Waals surface area contributed by atoms with Crippen molar-refractivity contribution in [3.8, 4) is 0 Å². The summed E-state index contributed by atoms with van der Waals surface area (Å²) in [6, 6.07) is 13.8. The zero-order chi connectivity index (χ0) is 19.2. The van der Waals surface area contributed by atoms with Crippen molar-refractivity contribution in [3.63, 3.8) is 0 Å². The average molecular weight is 421 g/mol. The van der Waals surface area contributed by atoms with Crippen LogP contribution in [0.4, 0.5) is 5.69 Å². The van der Waals surface area contributed by atoms with Gasteiger partial charge in [-0.1, -0.05) is 47.6 Å². The van der Waals surface area contributed by atoms with Gasteiger partial charge in [0.15, 0.2) is 15.0 Å². The molecule has 4 rings (SSSR count). The molecule has 0 aromatic heterocycles. The molecule has 0 N–H and O–H groups in total. The molecule has 2 aliphatic heterocycles. The maximum absolute atomic E-state index is 12.2. The molecule has 0 unspecified atom stereocenters. The second-order valence-electron chi connectivity index (χ2n) is 7.20. The third-order valence-electron chi connectivity index (χ3n) is 4.99. The third-order valence-corrected chi connectivity index (χ3v) is 7.96. The lowest BCUT2D eigenvalue weighted by Crippen LogP contribution is -2.39. The smallest absolute Gasteiger partial charge is 0.164 e. The van der Waals surface area contributed by atoms with Crippen molar-refractivity contribution in [1.29, 1.82) is 0 Å². The minimum absolute atomic E-state index is 0.114. The highest BCUT2D eigenvalue weighted by Gasteiger charge is 2.47. The summed E-state index contributed by atoms with van der Waals surface area (Å²) in [5.74, 6) is 1.04. The minimum atomic E-state index is -3.04. The Labute approximate surface area is 169 Å². The molecule has 7 heteroatoms. The highest BCUT2D eigenvalue weighted by Crippen LogP contribution is 2.37. The van der Waals surface area contributed by atoms with Crippen LogP contribution < -0.4 is 4.90 Å². The van der Waals surface area contributed by atoms with E-state index in [0.29, 0.717) is 0 Å². The van der Waals surface area contributed by atoms with Crippen LogP contribution in [0.3, 0.4) is 0 Å². The molecule has 0 aliphatic carbocycles. The summed E-state index contributed by atoms with van der Waals surface area (Å²) in [5.41, 5.74) is 4.46. The lowest BCUT2D eigenvalue weighted by atomic mass is 10.1. The predicted octanol–water partition coefficient (Wildman–Crippen LogP) is 4.23. The number of aliphatic imine (C=N–C) groups is 1. The van der Waals surface area contributed by atoms with E-state index in [-0.39, 0.29) is 23.6 Å². The monoisotopic (exact) mass is 420 g/mol. The molecule has 0 amide bonds. The number of hydrogen-bond acceptors (Lipinski definition) is 5. The Kier molecular flexibility index (Phi) is 4.99. The number of benzene rings is 2. The van der Waals surface area contributed by atoms with E-state index in [4.69, 9.17) is 16.6 Å². The second kappa shape index (κ2) is 7.15. The Morgan fingerprint density at radius 1 is 1.19 bits per heavy atom. The van der Waals surface area contributed by atoms with Crippen molar-refractivity contribution in [2.24, 2.45) is 4.99 Å². The van der Waals surface area contributed by atoms with Crippen LogP contribution in [0.25, 0.3) is 0 Å². The van der Waals surface area contributed by atoms with Gasteiger partial charge in [-0.3, -0.25) is 4.99 Å². The number of halogens is 1. The molecule has 2 aromatic rings. The van der Waals surface area contributed by atoms with Crippen molar-refractivity contribution < 1.29 is 8.42 Å². The van der Waals surface area contributed by atoms with E-state index in [1.165, 1.54) is 0 Å². The summed E-state index contributed by atoms with van der Waals surface area (Å²) in [5, 5.41) is 1.62. The van der Waals surface area contributed by atoms with Gasteiger partial charge in [-0.25, -0.2) is 8.42 Å². The first-order valence-electron chi connectivity index (χ1n) is 8.84. The van der Waals surface area contributed by atoms with Gasteiger partial charge in [0.2, 0.25) is 0 Å². The van der Waals surface area contributed by atoms with Crippen LogP contribution in [0.2, 0.25) is 5.02 Å². The van der Waals surface area contributed by atoms with Crippen LogP contribution in [0.15, 0.2) is 47.5 Å². The van der Waals surface area contributed by atoms with Gasteiger partial charge in [-0.15, -0.1) is 0 Å². The van der Waals surface area contributed by atoms with Gasteiger partial charge in [-0.05, 0) is 48.7 Å². The van der Waals surface area contributed by atoms with E-state index in [1.54, 1.807) is 11.8 Å². The maximum atomic E-state index is 12.2. The fourth-order valence-electron chi connectivity index (χ4n) is 3.67. The van der Waals surface area contributed by atoms with Crippen LogP contribution in [-0.4, -0.2) is 37.2 Å². The van der Waals surface area contributed by atoms with Crippen LogP contribution in [-0.2, 0) is 15.6 Å². The number of nitrogens with zero attached hydrogens (tertiary/aromatic N) is 2. The van der Waals surface area contributed by atoms with Gasteiger partial charge in [0, 0.05) is 16.5 Å². The Balaban J connectivity index is 1.66. The number of anilines is 1. The SMILES string of the molecule is Cc1ccc(C)c(N2C(SCc3cccc(Cl)c3)=N[C@@H]3CS(=O)(=O)C[C@H]32)c1.